The van der Waals surface area contributed by atoms with Gasteiger partial charge in [0.2, 0.25) is 5.16 Å². The second-order valence-electron chi connectivity index (χ2n) is 6.92. The van der Waals surface area contributed by atoms with Crippen LogP contribution in [0, 0.1) is 6.92 Å². The van der Waals surface area contributed by atoms with E-state index in [2.05, 4.69) is 15.4 Å². The molecule has 0 bridgehead atoms. The van der Waals surface area contributed by atoms with Gasteiger partial charge in [0, 0.05) is 65.5 Å². The highest BCUT2D eigenvalue weighted by atomic mass is 32.2. The molecule has 1 aromatic heterocycles. The summed E-state index contributed by atoms with van der Waals surface area (Å²) in [5.41, 5.74) is 0. The Balaban J connectivity index is 2.52. The SMILES string of the molecule is CCO[Si](CCCNC(=O)n1nc(SCCC[Si](OC)(OC)OC)nc1C)(OCC)OCC. The summed E-state index contributed by atoms with van der Waals surface area (Å²) in [6.45, 7) is 9.59. The number of hydrogen-bond donors (Lipinski definition) is 1. The van der Waals surface area contributed by atoms with Gasteiger partial charge in [-0.25, -0.2) is 9.78 Å². The second-order valence-corrected chi connectivity index (χ2v) is 13.8. The minimum absolute atomic E-state index is 0.312. The summed E-state index contributed by atoms with van der Waals surface area (Å²) < 4.78 is 35.1. The van der Waals surface area contributed by atoms with E-state index in [1.54, 1.807) is 28.3 Å². The molecular formula is C19H40N4O7SSi2. The summed E-state index contributed by atoms with van der Waals surface area (Å²) >= 11 is 1.48. The number of carbonyl (C=O) groups excluding carboxylic acids is 1. The number of rotatable bonds is 18. The number of nitrogens with zero attached hydrogens (tertiary/aromatic N) is 3. The summed E-state index contributed by atoms with van der Waals surface area (Å²) in [5.74, 6) is 1.29. The first-order valence-electron chi connectivity index (χ1n) is 11.3. The maximum Gasteiger partial charge on any atom is 0.500 e. The Morgan fingerprint density at radius 1 is 0.939 bits per heavy atom. The van der Waals surface area contributed by atoms with Crippen molar-refractivity contribution < 1.29 is 31.4 Å². The van der Waals surface area contributed by atoms with Crippen molar-refractivity contribution in [2.45, 2.75) is 57.8 Å². The van der Waals surface area contributed by atoms with Crippen LogP contribution in [0.5, 0.6) is 0 Å². The van der Waals surface area contributed by atoms with Gasteiger partial charge >= 0.3 is 23.6 Å². The Bertz CT molecular complexity index is 670. The fourth-order valence-electron chi connectivity index (χ4n) is 3.20. The summed E-state index contributed by atoms with van der Waals surface area (Å²) in [5, 5.41) is 7.77. The lowest BCUT2D eigenvalue weighted by atomic mass is 10.5. The third-order valence-corrected chi connectivity index (χ3v) is 11.7. The molecule has 0 aliphatic rings. The maximum absolute atomic E-state index is 12.6. The fraction of sp³-hybridized carbons (Fsp3) is 0.842. The predicted octanol–water partition coefficient (Wildman–Crippen LogP) is 2.94. The van der Waals surface area contributed by atoms with Gasteiger partial charge in [-0.3, -0.25) is 0 Å². The molecule has 0 spiro atoms. The second kappa shape index (κ2) is 15.9. The van der Waals surface area contributed by atoms with Crippen LogP contribution in [-0.4, -0.2) is 91.9 Å². The standard InChI is InChI=1S/C19H40N4O7SSi2/c1-8-28-33(29-9-2,30-10-3)15-11-13-20-19(24)23-17(4)21-18(22-23)31-14-12-16-32(25-5,26-6)27-7/h8-16H2,1-7H3,(H,20,24). The van der Waals surface area contributed by atoms with Crippen LogP contribution in [0.1, 0.15) is 39.4 Å². The van der Waals surface area contributed by atoms with Crippen LogP contribution in [0.2, 0.25) is 12.1 Å². The van der Waals surface area contributed by atoms with Gasteiger partial charge in [0.1, 0.15) is 5.82 Å². The van der Waals surface area contributed by atoms with Crippen LogP contribution in [-0.2, 0) is 26.6 Å². The highest BCUT2D eigenvalue weighted by molar-refractivity contribution is 7.99. The molecule has 0 radical (unpaired) electrons. The molecule has 1 N–H and O–H groups in total. The Morgan fingerprint density at radius 2 is 1.48 bits per heavy atom. The lowest BCUT2D eigenvalue weighted by molar-refractivity contribution is 0.0708. The number of hydrogen-bond acceptors (Lipinski definition) is 10. The molecule has 0 saturated carbocycles. The summed E-state index contributed by atoms with van der Waals surface area (Å²) in [6, 6.07) is 1.02. The molecule has 0 atom stereocenters. The van der Waals surface area contributed by atoms with Crippen molar-refractivity contribution >= 4 is 35.4 Å². The topological polar surface area (TPSA) is 115 Å². The molecule has 1 heterocycles. The Morgan fingerprint density at radius 3 is 2.00 bits per heavy atom. The number of amides is 1. The Labute approximate surface area is 203 Å². The summed E-state index contributed by atoms with van der Waals surface area (Å²) in [4.78, 5) is 17.0. The van der Waals surface area contributed by atoms with Crippen LogP contribution < -0.4 is 5.32 Å². The monoisotopic (exact) mass is 524 g/mol. The average Bonchev–Trinajstić information content (AvgIpc) is 3.18. The summed E-state index contributed by atoms with van der Waals surface area (Å²) in [7, 11) is -0.479. The Hall–Kier alpha value is -0.846. The third kappa shape index (κ3) is 9.73. The molecule has 1 rings (SSSR count). The van der Waals surface area contributed by atoms with E-state index in [-0.39, 0.29) is 6.03 Å². The van der Waals surface area contributed by atoms with Crippen LogP contribution in [0.3, 0.4) is 0 Å². The molecule has 0 aliphatic carbocycles. The van der Waals surface area contributed by atoms with E-state index in [0.717, 1.165) is 12.2 Å². The molecule has 0 aromatic carbocycles. The van der Waals surface area contributed by atoms with Crippen molar-refractivity contribution in [3.05, 3.63) is 5.82 Å². The first kappa shape index (κ1) is 30.2. The van der Waals surface area contributed by atoms with Crippen LogP contribution in [0.25, 0.3) is 0 Å². The van der Waals surface area contributed by atoms with E-state index < -0.39 is 17.6 Å². The maximum atomic E-state index is 12.6. The van der Waals surface area contributed by atoms with Crippen molar-refractivity contribution in [2.75, 3.05) is 53.4 Å². The number of aromatic nitrogens is 3. The molecule has 11 nitrogen and oxygen atoms in total. The largest absolute Gasteiger partial charge is 0.500 e. The molecule has 0 unspecified atom stereocenters. The lowest BCUT2D eigenvalue weighted by Crippen LogP contribution is -2.46. The zero-order chi connectivity index (χ0) is 24.7. The van der Waals surface area contributed by atoms with Crippen molar-refractivity contribution in [3.63, 3.8) is 0 Å². The van der Waals surface area contributed by atoms with Gasteiger partial charge in [-0.05, 0) is 40.5 Å². The molecule has 192 valence electrons. The number of aryl methyl sites for hydroxylation is 1. The zero-order valence-corrected chi connectivity index (χ0v) is 23.8. The minimum Gasteiger partial charge on any atom is -0.377 e. The van der Waals surface area contributed by atoms with E-state index >= 15 is 0 Å². The van der Waals surface area contributed by atoms with Crippen molar-refractivity contribution in [1.29, 1.82) is 0 Å². The van der Waals surface area contributed by atoms with E-state index in [1.807, 2.05) is 20.8 Å². The van der Waals surface area contributed by atoms with Gasteiger partial charge in [0.25, 0.3) is 0 Å². The molecule has 14 heteroatoms. The predicted molar refractivity (Wildman–Crippen MR) is 131 cm³/mol. The first-order valence-corrected chi connectivity index (χ1v) is 16.1. The van der Waals surface area contributed by atoms with Gasteiger partial charge in [-0.1, -0.05) is 11.8 Å². The zero-order valence-electron chi connectivity index (χ0n) is 21.0. The molecule has 0 aliphatic heterocycles. The number of thioether (sulfide) groups is 1. The Kier molecular flexibility index (Phi) is 14.6. The molecule has 0 saturated heterocycles. The van der Waals surface area contributed by atoms with Crippen molar-refractivity contribution in [3.8, 4) is 0 Å². The smallest absolute Gasteiger partial charge is 0.377 e. The molecule has 1 amide bonds. The van der Waals surface area contributed by atoms with E-state index in [4.69, 9.17) is 26.6 Å². The van der Waals surface area contributed by atoms with Gasteiger partial charge in [0.15, 0.2) is 0 Å². The molecule has 0 fully saturated rings. The van der Waals surface area contributed by atoms with Gasteiger partial charge in [-0.15, -0.1) is 5.10 Å². The average molecular weight is 525 g/mol. The van der Waals surface area contributed by atoms with E-state index in [9.17, 15) is 4.79 Å². The quantitative estimate of drug-likeness (QED) is 0.175. The first-order chi connectivity index (χ1) is 15.8. The highest BCUT2D eigenvalue weighted by Crippen LogP contribution is 2.21. The van der Waals surface area contributed by atoms with Gasteiger partial charge < -0.3 is 31.9 Å². The summed E-state index contributed by atoms with van der Waals surface area (Å²) in [6.07, 6.45) is 1.49. The minimum atomic E-state index is -2.71. The highest BCUT2D eigenvalue weighted by Gasteiger charge is 2.39. The van der Waals surface area contributed by atoms with Crippen LogP contribution in [0.15, 0.2) is 5.16 Å². The van der Waals surface area contributed by atoms with Gasteiger partial charge in [0.05, 0.1) is 0 Å². The number of carbonyl (C=O) groups is 1. The lowest BCUT2D eigenvalue weighted by Gasteiger charge is -2.28. The number of nitrogens with one attached hydrogen (secondary N) is 1. The van der Waals surface area contributed by atoms with Gasteiger partial charge in [-0.2, -0.15) is 4.68 Å². The normalized spacial score (nSPS) is 12.3. The molecule has 33 heavy (non-hydrogen) atoms. The van der Waals surface area contributed by atoms with E-state index in [1.165, 1.54) is 16.4 Å². The van der Waals surface area contributed by atoms with E-state index in [0.29, 0.717) is 55.9 Å². The third-order valence-electron chi connectivity index (χ3n) is 4.76. The van der Waals surface area contributed by atoms with Crippen LogP contribution >= 0.6 is 11.8 Å². The molecular weight excluding hydrogens is 484 g/mol. The van der Waals surface area contributed by atoms with Crippen molar-refractivity contribution in [1.82, 2.24) is 20.1 Å². The fourth-order valence-corrected chi connectivity index (χ4v) is 8.60. The molecule has 1 aromatic rings. The van der Waals surface area contributed by atoms with Crippen LogP contribution in [0.4, 0.5) is 4.79 Å². The van der Waals surface area contributed by atoms with Crippen molar-refractivity contribution in [2.24, 2.45) is 0 Å².